The second kappa shape index (κ2) is 4.81. The number of fused-ring (bicyclic) bond motifs is 1. The molecule has 92 valence electrons. The number of aromatic nitrogens is 2. The van der Waals surface area contributed by atoms with Crippen LogP contribution in [0.1, 0.15) is 38.5 Å². The van der Waals surface area contributed by atoms with Crippen molar-refractivity contribution >= 4 is 17.4 Å². The van der Waals surface area contributed by atoms with Crippen molar-refractivity contribution in [1.82, 2.24) is 9.97 Å². The number of anilines is 1. The zero-order valence-corrected chi connectivity index (χ0v) is 10.7. The van der Waals surface area contributed by atoms with Gasteiger partial charge in [-0.3, -0.25) is 0 Å². The summed E-state index contributed by atoms with van der Waals surface area (Å²) >= 11 is 6.17. The maximum atomic E-state index is 6.17. The van der Waals surface area contributed by atoms with Gasteiger partial charge >= 0.3 is 0 Å². The SMILES string of the molecule is Clc1nccnc1N1CCC[C@H]2CCCC[C@@H]21. The monoisotopic (exact) mass is 251 g/mol. The lowest BCUT2D eigenvalue weighted by molar-refractivity contribution is 0.242. The Morgan fingerprint density at radius 2 is 1.82 bits per heavy atom. The second-order valence-corrected chi connectivity index (χ2v) is 5.48. The minimum Gasteiger partial charge on any atom is -0.351 e. The first kappa shape index (κ1) is 11.3. The van der Waals surface area contributed by atoms with E-state index in [1.54, 1.807) is 12.4 Å². The average molecular weight is 252 g/mol. The maximum Gasteiger partial charge on any atom is 0.171 e. The summed E-state index contributed by atoms with van der Waals surface area (Å²) in [6, 6.07) is 0.645. The topological polar surface area (TPSA) is 29.0 Å². The predicted octanol–water partition coefficient (Wildman–Crippen LogP) is 3.29. The Morgan fingerprint density at radius 1 is 1.06 bits per heavy atom. The van der Waals surface area contributed by atoms with Crippen molar-refractivity contribution in [1.29, 1.82) is 0 Å². The Labute approximate surface area is 107 Å². The van der Waals surface area contributed by atoms with E-state index in [1.165, 1.54) is 38.5 Å². The summed E-state index contributed by atoms with van der Waals surface area (Å²) in [6.07, 6.45) is 11.4. The fourth-order valence-corrected chi connectivity index (χ4v) is 3.61. The molecule has 0 bridgehead atoms. The van der Waals surface area contributed by atoms with E-state index < -0.39 is 0 Å². The van der Waals surface area contributed by atoms with Crippen LogP contribution in [0.2, 0.25) is 5.15 Å². The van der Waals surface area contributed by atoms with Gasteiger partial charge in [-0.25, -0.2) is 9.97 Å². The molecule has 1 aromatic heterocycles. The highest BCUT2D eigenvalue weighted by Gasteiger charge is 2.34. The lowest BCUT2D eigenvalue weighted by Gasteiger charge is -2.44. The summed E-state index contributed by atoms with van der Waals surface area (Å²) in [5, 5.41) is 0.554. The van der Waals surface area contributed by atoms with Gasteiger partial charge in [-0.05, 0) is 31.6 Å². The van der Waals surface area contributed by atoms with Crippen LogP contribution in [0.3, 0.4) is 0 Å². The Morgan fingerprint density at radius 3 is 2.71 bits per heavy atom. The summed E-state index contributed by atoms with van der Waals surface area (Å²) in [6.45, 7) is 1.08. The van der Waals surface area contributed by atoms with E-state index in [0.29, 0.717) is 11.2 Å². The normalized spacial score (nSPS) is 28.9. The summed E-state index contributed by atoms with van der Waals surface area (Å²) in [5.41, 5.74) is 0. The first-order chi connectivity index (χ1) is 8.36. The van der Waals surface area contributed by atoms with Crippen molar-refractivity contribution < 1.29 is 0 Å². The Balaban J connectivity index is 1.88. The van der Waals surface area contributed by atoms with Crippen molar-refractivity contribution in [2.75, 3.05) is 11.4 Å². The van der Waals surface area contributed by atoms with E-state index in [9.17, 15) is 0 Å². The van der Waals surface area contributed by atoms with Gasteiger partial charge in [-0.2, -0.15) is 0 Å². The average Bonchev–Trinajstić information content (AvgIpc) is 2.39. The summed E-state index contributed by atoms with van der Waals surface area (Å²) in [7, 11) is 0. The number of nitrogens with zero attached hydrogens (tertiary/aromatic N) is 3. The number of hydrogen-bond acceptors (Lipinski definition) is 3. The minimum absolute atomic E-state index is 0.554. The highest BCUT2D eigenvalue weighted by atomic mass is 35.5. The molecular formula is C13H18ClN3. The first-order valence-electron chi connectivity index (χ1n) is 6.59. The molecule has 0 aromatic carbocycles. The molecule has 2 fully saturated rings. The van der Waals surface area contributed by atoms with Crippen molar-refractivity contribution in [3.63, 3.8) is 0 Å². The fraction of sp³-hybridized carbons (Fsp3) is 0.692. The van der Waals surface area contributed by atoms with Crippen LogP contribution in [0.4, 0.5) is 5.82 Å². The van der Waals surface area contributed by atoms with E-state index in [2.05, 4.69) is 14.9 Å². The lowest BCUT2D eigenvalue weighted by atomic mass is 9.78. The quantitative estimate of drug-likeness (QED) is 0.767. The van der Waals surface area contributed by atoms with Crippen LogP contribution in [-0.4, -0.2) is 22.6 Å². The van der Waals surface area contributed by atoms with Crippen LogP contribution in [0.5, 0.6) is 0 Å². The summed E-state index contributed by atoms with van der Waals surface area (Å²) in [4.78, 5) is 11.0. The van der Waals surface area contributed by atoms with E-state index in [1.807, 2.05) is 0 Å². The van der Waals surface area contributed by atoms with E-state index in [0.717, 1.165) is 18.3 Å². The molecule has 1 aliphatic heterocycles. The zero-order chi connectivity index (χ0) is 11.7. The fourth-order valence-electron chi connectivity index (χ4n) is 3.39. The third kappa shape index (κ3) is 2.13. The number of piperidine rings is 1. The lowest BCUT2D eigenvalue weighted by Crippen LogP contribution is -2.47. The van der Waals surface area contributed by atoms with Gasteiger partial charge in [0.25, 0.3) is 0 Å². The summed E-state index contributed by atoms with van der Waals surface area (Å²) in [5.74, 6) is 1.74. The van der Waals surface area contributed by atoms with Crippen molar-refractivity contribution in [2.24, 2.45) is 5.92 Å². The number of rotatable bonds is 1. The molecule has 17 heavy (non-hydrogen) atoms. The van der Waals surface area contributed by atoms with Crippen LogP contribution < -0.4 is 4.90 Å². The van der Waals surface area contributed by atoms with E-state index in [-0.39, 0.29) is 0 Å². The molecular weight excluding hydrogens is 234 g/mol. The molecule has 0 unspecified atom stereocenters. The predicted molar refractivity (Wildman–Crippen MR) is 69.4 cm³/mol. The molecule has 1 aliphatic carbocycles. The van der Waals surface area contributed by atoms with Crippen LogP contribution in [0.15, 0.2) is 12.4 Å². The second-order valence-electron chi connectivity index (χ2n) is 5.12. The minimum atomic E-state index is 0.554. The first-order valence-corrected chi connectivity index (χ1v) is 6.97. The molecule has 0 spiro atoms. The largest absolute Gasteiger partial charge is 0.351 e. The zero-order valence-electron chi connectivity index (χ0n) is 9.98. The van der Waals surface area contributed by atoms with Gasteiger partial charge in [0.05, 0.1) is 0 Å². The van der Waals surface area contributed by atoms with Crippen molar-refractivity contribution in [3.8, 4) is 0 Å². The highest BCUT2D eigenvalue weighted by Crippen LogP contribution is 2.38. The molecule has 3 nitrogen and oxygen atoms in total. The van der Waals surface area contributed by atoms with Gasteiger partial charge in [0.2, 0.25) is 0 Å². The van der Waals surface area contributed by atoms with Crippen LogP contribution in [0.25, 0.3) is 0 Å². The van der Waals surface area contributed by atoms with Crippen molar-refractivity contribution in [2.45, 2.75) is 44.6 Å². The van der Waals surface area contributed by atoms with Crippen LogP contribution in [0, 0.1) is 5.92 Å². The number of hydrogen-bond donors (Lipinski definition) is 0. The number of halogens is 1. The highest BCUT2D eigenvalue weighted by molar-refractivity contribution is 6.31. The third-order valence-corrected chi connectivity index (χ3v) is 4.42. The van der Waals surface area contributed by atoms with Crippen molar-refractivity contribution in [3.05, 3.63) is 17.5 Å². The Hall–Kier alpha value is -0.830. The molecule has 2 atom stereocenters. The third-order valence-electron chi connectivity index (χ3n) is 4.15. The van der Waals surface area contributed by atoms with Gasteiger partial charge in [0.15, 0.2) is 11.0 Å². The smallest absolute Gasteiger partial charge is 0.171 e. The Bertz CT molecular complexity index is 394. The summed E-state index contributed by atoms with van der Waals surface area (Å²) < 4.78 is 0. The maximum absolute atomic E-state index is 6.17. The molecule has 0 N–H and O–H groups in total. The molecule has 4 heteroatoms. The standard InChI is InChI=1S/C13H18ClN3/c14-12-13(16-8-7-15-12)17-9-3-5-10-4-1-2-6-11(10)17/h7-8,10-11H,1-6,9H2/t10-,11+/m1/s1. The molecule has 2 heterocycles. The molecule has 1 saturated heterocycles. The molecule has 0 radical (unpaired) electrons. The van der Waals surface area contributed by atoms with Crippen LogP contribution >= 0.6 is 11.6 Å². The van der Waals surface area contributed by atoms with Gasteiger partial charge in [0, 0.05) is 25.0 Å². The molecule has 1 aromatic rings. The van der Waals surface area contributed by atoms with E-state index in [4.69, 9.17) is 11.6 Å². The van der Waals surface area contributed by atoms with Crippen LogP contribution in [-0.2, 0) is 0 Å². The Kier molecular flexibility index (Phi) is 3.19. The molecule has 0 amide bonds. The molecule has 2 aliphatic rings. The van der Waals surface area contributed by atoms with Gasteiger partial charge in [-0.1, -0.05) is 24.4 Å². The van der Waals surface area contributed by atoms with Gasteiger partial charge in [0.1, 0.15) is 0 Å². The van der Waals surface area contributed by atoms with Gasteiger partial charge in [-0.15, -0.1) is 0 Å². The molecule has 3 rings (SSSR count). The molecule has 1 saturated carbocycles. The van der Waals surface area contributed by atoms with E-state index >= 15 is 0 Å². The van der Waals surface area contributed by atoms with Gasteiger partial charge < -0.3 is 4.90 Å².